The lowest BCUT2D eigenvalue weighted by molar-refractivity contribution is -0.117. The number of nitrogens with one attached hydrogen (secondary N) is 1. The van der Waals surface area contributed by atoms with Gasteiger partial charge in [-0.25, -0.2) is 0 Å². The number of amides is 1. The van der Waals surface area contributed by atoms with Crippen LogP contribution in [-0.4, -0.2) is 43.5 Å². The van der Waals surface area contributed by atoms with Gasteiger partial charge in [0.2, 0.25) is 5.91 Å². The molecule has 0 aromatic heterocycles. The lowest BCUT2D eigenvalue weighted by Crippen LogP contribution is -2.46. The maximum Gasteiger partial charge on any atom is 0.227 e. The van der Waals surface area contributed by atoms with Crippen molar-refractivity contribution in [2.75, 3.05) is 42.9 Å². The number of piperazine rings is 1. The van der Waals surface area contributed by atoms with E-state index in [1.54, 1.807) is 0 Å². The quantitative estimate of drug-likeness (QED) is 0.929. The van der Waals surface area contributed by atoms with Crippen LogP contribution in [0.15, 0.2) is 18.2 Å². The first-order chi connectivity index (χ1) is 10.2. The standard InChI is InChI=1S/C16H22ClN3O/c1-2-19-7-9-20(10-8-19)15-6-5-13(17)11-14(15)18-16(21)12-3-4-12/h5-6,11-12H,2-4,7-10H2,1H3,(H,18,21). The molecule has 1 N–H and O–H groups in total. The van der Waals surface area contributed by atoms with Gasteiger partial charge in [0.25, 0.3) is 0 Å². The molecule has 1 aliphatic heterocycles. The van der Waals surface area contributed by atoms with Crippen molar-refractivity contribution in [3.05, 3.63) is 23.2 Å². The van der Waals surface area contributed by atoms with E-state index in [2.05, 4.69) is 22.0 Å². The molecule has 2 fully saturated rings. The first-order valence-corrected chi connectivity index (χ1v) is 8.13. The fourth-order valence-corrected chi connectivity index (χ4v) is 2.94. The fourth-order valence-electron chi connectivity index (χ4n) is 2.77. The average molecular weight is 308 g/mol. The molecule has 0 atom stereocenters. The van der Waals surface area contributed by atoms with Crippen LogP contribution >= 0.6 is 11.6 Å². The summed E-state index contributed by atoms with van der Waals surface area (Å²) < 4.78 is 0. The minimum absolute atomic E-state index is 0.130. The van der Waals surface area contributed by atoms with Gasteiger partial charge in [-0.1, -0.05) is 18.5 Å². The van der Waals surface area contributed by atoms with Crippen LogP contribution in [-0.2, 0) is 4.79 Å². The number of benzene rings is 1. The molecule has 1 aliphatic carbocycles. The summed E-state index contributed by atoms with van der Waals surface area (Å²) in [6.07, 6.45) is 2.02. The zero-order chi connectivity index (χ0) is 14.8. The van der Waals surface area contributed by atoms with Gasteiger partial charge in [-0.15, -0.1) is 0 Å². The van der Waals surface area contributed by atoms with Crippen molar-refractivity contribution in [3.63, 3.8) is 0 Å². The third-order valence-corrected chi connectivity index (χ3v) is 4.56. The molecule has 114 valence electrons. The van der Waals surface area contributed by atoms with Crippen LogP contribution in [0, 0.1) is 5.92 Å². The van der Waals surface area contributed by atoms with E-state index in [0.717, 1.165) is 56.9 Å². The van der Waals surface area contributed by atoms with E-state index in [0.29, 0.717) is 5.02 Å². The number of hydrogen-bond acceptors (Lipinski definition) is 3. The third kappa shape index (κ3) is 3.50. The molecule has 3 rings (SSSR count). The van der Waals surface area contributed by atoms with E-state index < -0.39 is 0 Å². The SMILES string of the molecule is CCN1CCN(c2ccc(Cl)cc2NC(=O)C2CC2)CC1. The number of carbonyl (C=O) groups is 1. The van der Waals surface area contributed by atoms with Gasteiger partial charge in [-0.05, 0) is 37.6 Å². The van der Waals surface area contributed by atoms with E-state index in [9.17, 15) is 4.79 Å². The number of nitrogens with zero attached hydrogens (tertiary/aromatic N) is 2. The first-order valence-electron chi connectivity index (χ1n) is 7.75. The van der Waals surface area contributed by atoms with Crippen molar-refractivity contribution in [1.82, 2.24) is 4.90 Å². The van der Waals surface area contributed by atoms with E-state index in [4.69, 9.17) is 11.6 Å². The molecular weight excluding hydrogens is 286 g/mol. The molecule has 1 saturated heterocycles. The molecule has 5 heteroatoms. The zero-order valence-electron chi connectivity index (χ0n) is 12.4. The van der Waals surface area contributed by atoms with E-state index >= 15 is 0 Å². The summed E-state index contributed by atoms with van der Waals surface area (Å²) in [7, 11) is 0. The minimum Gasteiger partial charge on any atom is -0.367 e. The molecule has 0 spiro atoms. The highest BCUT2D eigenvalue weighted by atomic mass is 35.5. The number of carbonyl (C=O) groups excluding carboxylic acids is 1. The summed E-state index contributed by atoms with van der Waals surface area (Å²) in [5, 5.41) is 3.72. The first kappa shape index (κ1) is 14.7. The molecule has 1 aromatic rings. The second-order valence-electron chi connectivity index (χ2n) is 5.85. The minimum atomic E-state index is 0.130. The highest BCUT2D eigenvalue weighted by Crippen LogP contribution is 2.34. The maximum atomic E-state index is 12.0. The monoisotopic (exact) mass is 307 g/mol. The van der Waals surface area contributed by atoms with Gasteiger partial charge in [0.1, 0.15) is 0 Å². The number of likely N-dealkylation sites (N-methyl/N-ethyl adjacent to an activating group) is 1. The molecule has 4 nitrogen and oxygen atoms in total. The van der Waals surface area contributed by atoms with Gasteiger partial charge in [0.15, 0.2) is 0 Å². The summed E-state index contributed by atoms with van der Waals surface area (Å²) in [6.45, 7) is 7.40. The predicted molar refractivity (Wildman–Crippen MR) is 87.1 cm³/mol. The fraction of sp³-hybridized carbons (Fsp3) is 0.562. The molecule has 21 heavy (non-hydrogen) atoms. The Balaban J connectivity index is 1.75. The summed E-state index contributed by atoms with van der Waals surface area (Å²) in [5.41, 5.74) is 1.94. The van der Waals surface area contributed by atoms with Crippen LogP contribution in [0.5, 0.6) is 0 Å². The lowest BCUT2D eigenvalue weighted by atomic mass is 10.2. The Morgan fingerprint density at radius 3 is 2.62 bits per heavy atom. The second-order valence-corrected chi connectivity index (χ2v) is 6.28. The Morgan fingerprint density at radius 1 is 1.29 bits per heavy atom. The van der Waals surface area contributed by atoms with Crippen molar-refractivity contribution in [2.45, 2.75) is 19.8 Å². The van der Waals surface area contributed by atoms with Crippen molar-refractivity contribution < 1.29 is 4.79 Å². The van der Waals surface area contributed by atoms with E-state index in [1.807, 2.05) is 18.2 Å². The van der Waals surface area contributed by atoms with E-state index in [-0.39, 0.29) is 11.8 Å². The molecule has 1 heterocycles. The normalized spacial score (nSPS) is 19.6. The molecule has 1 aromatic carbocycles. The van der Waals surface area contributed by atoms with Crippen LogP contribution in [0.25, 0.3) is 0 Å². The highest BCUT2D eigenvalue weighted by molar-refractivity contribution is 6.31. The van der Waals surface area contributed by atoms with Crippen LogP contribution in [0.3, 0.4) is 0 Å². The van der Waals surface area contributed by atoms with Crippen LogP contribution in [0.2, 0.25) is 5.02 Å². The predicted octanol–water partition coefficient (Wildman–Crippen LogP) is 2.83. The van der Waals surface area contributed by atoms with E-state index in [1.165, 1.54) is 0 Å². The zero-order valence-corrected chi connectivity index (χ0v) is 13.2. The number of halogens is 1. The third-order valence-electron chi connectivity index (χ3n) is 4.32. The van der Waals surface area contributed by atoms with Crippen molar-refractivity contribution in [3.8, 4) is 0 Å². The van der Waals surface area contributed by atoms with Crippen molar-refractivity contribution in [1.29, 1.82) is 0 Å². The van der Waals surface area contributed by atoms with Crippen LogP contribution < -0.4 is 10.2 Å². The smallest absolute Gasteiger partial charge is 0.227 e. The summed E-state index contributed by atoms with van der Waals surface area (Å²) >= 11 is 6.10. The Bertz CT molecular complexity index is 522. The largest absolute Gasteiger partial charge is 0.367 e. The molecule has 2 aliphatic rings. The Kier molecular flexibility index (Phi) is 4.36. The molecular formula is C16H22ClN3O. The summed E-state index contributed by atoms with van der Waals surface area (Å²) in [5.74, 6) is 0.333. The molecule has 1 amide bonds. The average Bonchev–Trinajstić information content (AvgIpc) is 3.32. The highest BCUT2D eigenvalue weighted by Gasteiger charge is 2.30. The van der Waals surface area contributed by atoms with Crippen LogP contribution in [0.1, 0.15) is 19.8 Å². The maximum absolute atomic E-state index is 12.0. The van der Waals surface area contributed by atoms with Gasteiger partial charge in [0, 0.05) is 37.1 Å². The van der Waals surface area contributed by atoms with Crippen molar-refractivity contribution in [2.24, 2.45) is 5.92 Å². The number of anilines is 2. The van der Waals surface area contributed by atoms with Gasteiger partial charge < -0.3 is 15.1 Å². The van der Waals surface area contributed by atoms with Gasteiger partial charge in [-0.3, -0.25) is 4.79 Å². The molecule has 0 radical (unpaired) electrons. The topological polar surface area (TPSA) is 35.6 Å². The molecule has 0 unspecified atom stereocenters. The Morgan fingerprint density at radius 2 is 2.00 bits per heavy atom. The lowest BCUT2D eigenvalue weighted by Gasteiger charge is -2.36. The van der Waals surface area contributed by atoms with Crippen LogP contribution in [0.4, 0.5) is 11.4 Å². The van der Waals surface area contributed by atoms with Gasteiger partial charge >= 0.3 is 0 Å². The number of rotatable bonds is 4. The van der Waals surface area contributed by atoms with Crippen molar-refractivity contribution >= 4 is 28.9 Å². The Hall–Kier alpha value is -1.26. The number of hydrogen-bond donors (Lipinski definition) is 1. The summed E-state index contributed by atoms with van der Waals surface area (Å²) in [6, 6.07) is 5.78. The molecule has 0 bridgehead atoms. The molecule has 1 saturated carbocycles. The summed E-state index contributed by atoms with van der Waals surface area (Å²) in [4.78, 5) is 16.8. The Labute approximate surface area is 131 Å². The van der Waals surface area contributed by atoms with Gasteiger partial charge in [0.05, 0.1) is 11.4 Å². The van der Waals surface area contributed by atoms with Gasteiger partial charge in [-0.2, -0.15) is 0 Å². The second kappa shape index (κ2) is 6.24.